The van der Waals surface area contributed by atoms with Gasteiger partial charge in [-0.1, -0.05) is 228 Å². The molecule has 0 spiro atoms. The van der Waals surface area contributed by atoms with Crippen LogP contribution in [0.15, 0.2) is 359 Å². The van der Waals surface area contributed by atoms with Crippen molar-refractivity contribution in [2.75, 3.05) is 0 Å². The lowest BCUT2D eigenvalue weighted by Crippen LogP contribution is -1.94. The summed E-state index contributed by atoms with van der Waals surface area (Å²) in [6.07, 6.45) is 0. The van der Waals surface area contributed by atoms with E-state index in [9.17, 15) is 0 Å². The van der Waals surface area contributed by atoms with Crippen molar-refractivity contribution < 1.29 is 13.3 Å². The van der Waals surface area contributed by atoms with Crippen LogP contribution in [0.1, 0.15) is 33.4 Å². The van der Waals surface area contributed by atoms with E-state index in [1.807, 2.05) is 34.0 Å². The minimum Gasteiger partial charge on any atom is -0.454 e. The van der Waals surface area contributed by atoms with Gasteiger partial charge in [-0.05, 0) is 227 Å². The van der Waals surface area contributed by atoms with Crippen LogP contribution < -0.4 is 0 Å². The number of thiophene rings is 3. The Hall–Kier alpha value is -14.6. The predicted molar refractivity (Wildman–Crippen MR) is 528 cm³/mol. The molecular formula is C114H75N3O3S3. The second kappa shape index (κ2) is 27.5. The predicted octanol–water partition coefficient (Wildman–Crippen LogP) is 34.0. The van der Waals surface area contributed by atoms with Crippen molar-refractivity contribution in [2.24, 2.45) is 0 Å². The van der Waals surface area contributed by atoms with Crippen LogP contribution in [0.2, 0.25) is 0 Å². The molecule has 0 atom stereocenters. The number of benzene rings is 18. The first-order chi connectivity index (χ1) is 60.4. The zero-order valence-electron chi connectivity index (χ0n) is 68.2. The molecule has 18 aromatic carbocycles. The number of furan rings is 3. The Labute approximate surface area is 718 Å². The van der Waals surface area contributed by atoms with Crippen LogP contribution >= 0.6 is 34.0 Å². The maximum absolute atomic E-state index is 6.78. The van der Waals surface area contributed by atoms with E-state index in [4.69, 9.17) is 13.3 Å². The molecule has 0 aliphatic heterocycles. The molecule has 0 N–H and O–H groups in total. The molecular weight excluding hydrogens is 1560 g/mol. The van der Waals surface area contributed by atoms with Crippen LogP contribution in [0.4, 0.5) is 0 Å². The third kappa shape index (κ3) is 11.1. The summed E-state index contributed by atoms with van der Waals surface area (Å²) in [7, 11) is 0. The quantitative estimate of drug-likeness (QED) is 0.167. The highest BCUT2D eigenvalue weighted by molar-refractivity contribution is 7.26. The first-order valence-corrected chi connectivity index (χ1v) is 44.5. The van der Waals surface area contributed by atoms with Crippen molar-refractivity contribution in [3.63, 3.8) is 0 Å². The van der Waals surface area contributed by atoms with E-state index in [1.165, 1.54) is 198 Å². The minimum atomic E-state index is 0.910. The monoisotopic (exact) mass is 1630 g/mol. The lowest BCUT2D eigenvalue weighted by molar-refractivity contribution is 0.666. The number of nitrogens with zero attached hydrogens (tertiary/aromatic N) is 3. The van der Waals surface area contributed by atoms with Gasteiger partial charge in [0, 0.05) is 125 Å². The highest BCUT2D eigenvalue weighted by Crippen LogP contribution is 2.50. The SMILES string of the molecule is Cc1ccc2c(c1)c1cc(C)ccc1n2-c1cccc2c1oc1cccc(-c3ccc4c(c3)sc3ccccc34)c12.Cc1ccc2c(c1)c1cc(C)ccc1n2-c1cccc2c1oc1cccc(-c3ccc4sc5ccccc5c4c3)c12.Cc1ccc2c(c1)c1cc(C)ccc1n2-c1cccc2c1oc1cccc(-c3cccc4sc5ccccc5c34)c12. The van der Waals surface area contributed by atoms with E-state index in [2.05, 4.69) is 401 Å². The Bertz CT molecular complexity index is 9010. The van der Waals surface area contributed by atoms with Crippen LogP contribution in [0.5, 0.6) is 0 Å². The molecule has 0 unspecified atom stereocenters. The Morgan fingerprint density at radius 2 is 0.480 bits per heavy atom. The molecule has 27 rings (SSSR count). The molecule has 0 amide bonds. The summed E-state index contributed by atoms with van der Waals surface area (Å²) >= 11 is 5.58. The number of hydrogen-bond donors (Lipinski definition) is 0. The van der Waals surface area contributed by atoms with Crippen LogP contribution in [0.3, 0.4) is 0 Å². The Morgan fingerprint density at radius 3 is 0.911 bits per heavy atom. The van der Waals surface area contributed by atoms with Gasteiger partial charge in [-0.2, -0.15) is 0 Å². The fourth-order valence-corrected chi connectivity index (χ4v) is 23.4. The summed E-state index contributed by atoms with van der Waals surface area (Å²) in [6, 6.07) is 126. The molecule has 0 saturated carbocycles. The Balaban J connectivity index is 0.000000101. The minimum absolute atomic E-state index is 0.910. The highest BCUT2D eigenvalue weighted by atomic mass is 32.1. The average molecular weight is 1630 g/mol. The summed E-state index contributed by atoms with van der Waals surface area (Å²) in [4.78, 5) is 0. The van der Waals surface area contributed by atoms with E-state index < -0.39 is 0 Å². The lowest BCUT2D eigenvalue weighted by atomic mass is 9.95. The van der Waals surface area contributed by atoms with Crippen LogP contribution in [0.25, 0.3) is 242 Å². The number of aryl methyl sites for hydroxylation is 6. The molecule has 0 radical (unpaired) electrons. The molecule has 0 bridgehead atoms. The molecule has 9 aromatic heterocycles. The lowest BCUT2D eigenvalue weighted by Gasteiger charge is -2.09. The Morgan fingerprint density at radius 1 is 0.187 bits per heavy atom. The van der Waals surface area contributed by atoms with Crippen molar-refractivity contribution in [1.29, 1.82) is 0 Å². The fraction of sp³-hybridized carbons (Fsp3) is 0.0526. The van der Waals surface area contributed by atoms with Gasteiger partial charge in [-0.3, -0.25) is 0 Å². The third-order valence-corrected chi connectivity index (χ3v) is 28.9. The number of fused-ring (bicyclic) bond motifs is 27. The standard InChI is InChI=1S/3C38H25NOS/c1-22-16-18-30-28(20-22)29-21-23(2)17-19-31(29)39(30)32-12-5-11-27-36-24(9-6-13-33(36)40-38(27)32)25-10-7-15-35-37(25)26-8-3-4-14-34(26)41-35;1-22-13-17-31-29(19-22)30-20-23(2)14-18-32(30)39(31)33-10-5-9-28-37-25(8-6-11-34(37)40-38(28)33)24-15-16-27-26-7-3-4-12-35(26)41-36(27)21-24;1-22-13-16-31-28(19-22)29-20-23(2)14-17-32(29)39(31)33-10-5-9-27-37-25(8-6-11-34(37)40-38(27)33)24-15-18-36-30(21-24)26-7-3-4-12-35(26)41-36/h3*3-21H,1-2H3. The second-order valence-electron chi connectivity index (χ2n) is 33.3. The number of aromatic nitrogens is 3. The van der Waals surface area contributed by atoms with Gasteiger partial charge in [0.05, 0.1) is 50.2 Å². The number of hydrogen-bond acceptors (Lipinski definition) is 6. The molecule has 27 aromatic rings. The molecule has 9 heteroatoms. The normalized spacial score (nSPS) is 12.1. The van der Waals surface area contributed by atoms with Gasteiger partial charge >= 0.3 is 0 Å². The van der Waals surface area contributed by atoms with Gasteiger partial charge in [0.1, 0.15) is 16.7 Å². The smallest absolute Gasteiger partial charge is 0.159 e. The first kappa shape index (κ1) is 71.3. The van der Waals surface area contributed by atoms with Gasteiger partial charge in [0.25, 0.3) is 0 Å². The maximum atomic E-state index is 6.78. The molecule has 6 nitrogen and oxygen atoms in total. The highest BCUT2D eigenvalue weighted by Gasteiger charge is 2.26. The van der Waals surface area contributed by atoms with Crippen molar-refractivity contribution in [3.8, 4) is 50.4 Å². The van der Waals surface area contributed by atoms with Crippen molar-refractivity contribution in [1.82, 2.24) is 13.7 Å². The van der Waals surface area contributed by atoms with E-state index in [0.29, 0.717) is 0 Å². The molecule has 123 heavy (non-hydrogen) atoms. The van der Waals surface area contributed by atoms with Crippen molar-refractivity contribution >= 4 is 226 Å². The third-order valence-electron chi connectivity index (χ3n) is 25.5. The van der Waals surface area contributed by atoms with Crippen LogP contribution in [-0.2, 0) is 0 Å². The molecule has 0 saturated heterocycles. The van der Waals surface area contributed by atoms with Crippen LogP contribution in [0, 0.1) is 41.5 Å². The van der Waals surface area contributed by atoms with E-state index in [0.717, 1.165) is 77.5 Å². The van der Waals surface area contributed by atoms with Crippen molar-refractivity contribution in [2.45, 2.75) is 41.5 Å². The zero-order chi connectivity index (χ0) is 81.7. The van der Waals surface area contributed by atoms with E-state index >= 15 is 0 Å². The fourth-order valence-electron chi connectivity index (χ4n) is 20.1. The van der Waals surface area contributed by atoms with Gasteiger partial charge < -0.3 is 27.0 Å². The first-order valence-electron chi connectivity index (χ1n) is 42.1. The van der Waals surface area contributed by atoms with Gasteiger partial charge in [0.2, 0.25) is 0 Å². The molecule has 0 fully saturated rings. The maximum Gasteiger partial charge on any atom is 0.159 e. The van der Waals surface area contributed by atoms with Gasteiger partial charge in [-0.15, -0.1) is 34.0 Å². The molecule has 582 valence electrons. The van der Waals surface area contributed by atoms with Crippen molar-refractivity contribution in [3.05, 3.63) is 379 Å². The zero-order valence-corrected chi connectivity index (χ0v) is 70.6. The Kier molecular flexibility index (Phi) is 15.9. The summed E-state index contributed by atoms with van der Waals surface area (Å²) < 4.78 is 35.3. The second-order valence-corrected chi connectivity index (χ2v) is 36.6. The molecule has 0 aliphatic carbocycles. The molecule has 0 aliphatic rings. The summed E-state index contributed by atoms with van der Waals surface area (Å²) in [5, 5.41) is 22.4. The number of rotatable bonds is 6. The van der Waals surface area contributed by atoms with E-state index in [1.54, 1.807) is 0 Å². The average Bonchev–Trinajstić information content (AvgIpc) is 1.57. The summed E-state index contributed by atoms with van der Waals surface area (Å²) in [6.45, 7) is 13.0. The largest absolute Gasteiger partial charge is 0.454 e. The van der Waals surface area contributed by atoms with E-state index in [-0.39, 0.29) is 0 Å². The van der Waals surface area contributed by atoms with Gasteiger partial charge in [-0.25, -0.2) is 0 Å². The summed E-state index contributed by atoms with van der Waals surface area (Å²) in [5.74, 6) is 0. The molecule has 9 heterocycles. The number of para-hydroxylation sites is 3. The summed E-state index contributed by atoms with van der Waals surface area (Å²) in [5.41, 5.74) is 30.7. The topological polar surface area (TPSA) is 54.2 Å². The van der Waals surface area contributed by atoms with Crippen LogP contribution in [-0.4, -0.2) is 13.7 Å². The van der Waals surface area contributed by atoms with Gasteiger partial charge in [0.15, 0.2) is 16.7 Å².